The van der Waals surface area contributed by atoms with E-state index in [2.05, 4.69) is 55.5 Å². The van der Waals surface area contributed by atoms with Crippen LogP contribution in [-0.4, -0.2) is 23.9 Å². The SMILES string of the molecule is O=C(NCCCn1ccc2ccc(Br)cc21)NCc1ccc2c(c1)OCO2. The molecule has 0 aliphatic carbocycles. The maximum absolute atomic E-state index is 12.0. The second kappa shape index (κ2) is 7.92. The maximum Gasteiger partial charge on any atom is 0.315 e. The van der Waals surface area contributed by atoms with Crippen molar-refractivity contribution in [3.8, 4) is 11.5 Å². The minimum Gasteiger partial charge on any atom is -0.454 e. The zero-order valence-electron chi connectivity index (χ0n) is 14.7. The van der Waals surface area contributed by atoms with E-state index >= 15 is 0 Å². The van der Waals surface area contributed by atoms with Gasteiger partial charge in [0.05, 0.1) is 0 Å². The molecule has 1 aliphatic heterocycles. The quantitative estimate of drug-likeness (QED) is 0.581. The van der Waals surface area contributed by atoms with Gasteiger partial charge >= 0.3 is 6.03 Å². The number of benzene rings is 2. The highest BCUT2D eigenvalue weighted by Gasteiger charge is 2.13. The van der Waals surface area contributed by atoms with Crippen LogP contribution in [0.5, 0.6) is 11.5 Å². The van der Waals surface area contributed by atoms with Gasteiger partial charge in [0.15, 0.2) is 11.5 Å². The molecule has 1 aliphatic rings. The van der Waals surface area contributed by atoms with Crippen LogP contribution in [0.25, 0.3) is 10.9 Å². The third-order valence-corrected chi connectivity index (χ3v) is 4.98. The van der Waals surface area contributed by atoms with E-state index in [9.17, 15) is 4.79 Å². The van der Waals surface area contributed by atoms with Crippen LogP contribution in [0.3, 0.4) is 0 Å². The van der Waals surface area contributed by atoms with Crippen LogP contribution in [0.2, 0.25) is 0 Å². The molecule has 7 heteroatoms. The van der Waals surface area contributed by atoms with E-state index in [1.807, 2.05) is 24.3 Å². The smallest absolute Gasteiger partial charge is 0.315 e. The number of aryl methyl sites for hydroxylation is 1. The summed E-state index contributed by atoms with van der Waals surface area (Å²) in [7, 11) is 0. The Balaban J connectivity index is 1.21. The molecule has 3 aromatic rings. The molecule has 0 saturated heterocycles. The monoisotopic (exact) mass is 429 g/mol. The van der Waals surface area contributed by atoms with Gasteiger partial charge in [-0.3, -0.25) is 0 Å². The Labute approximate surface area is 165 Å². The van der Waals surface area contributed by atoms with E-state index < -0.39 is 0 Å². The molecule has 4 rings (SSSR count). The van der Waals surface area contributed by atoms with Crippen LogP contribution in [0.1, 0.15) is 12.0 Å². The predicted molar refractivity (Wildman–Crippen MR) is 107 cm³/mol. The number of hydrogen-bond donors (Lipinski definition) is 2. The Bertz CT molecular complexity index is 970. The number of nitrogens with zero attached hydrogens (tertiary/aromatic N) is 1. The lowest BCUT2D eigenvalue weighted by Crippen LogP contribution is -2.35. The summed E-state index contributed by atoms with van der Waals surface area (Å²) in [4.78, 5) is 12.0. The Hall–Kier alpha value is -2.67. The third-order valence-electron chi connectivity index (χ3n) is 4.49. The van der Waals surface area contributed by atoms with E-state index in [0.29, 0.717) is 13.1 Å². The number of halogens is 1. The van der Waals surface area contributed by atoms with Crippen molar-refractivity contribution in [2.45, 2.75) is 19.5 Å². The Morgan fingerprint density at radius 1 is 1.07 bits per heavy atom. The summed E-state index contributed by atoms with van der Waals surface area (Å²) < 4.78 is 13.9. The number of fused-ring (bicyclic) bond motifs is 2. The van der Waals surface area contributed by atoms with Gasteiger partial charge in [0.25, 0.3) is 0 Å². The van der Waals surface area contributed by atoms with Crippen molar-refractivity contribution in [3.63, 3.8) is 0 Å². The second-order valence-corrected chi connectivity index (χ2v) is 7.28. The summed E-state index contributed by atoms with van der Waals surface area (Å²) in [6.45, 7) is 2.15. The maximum atomic E-state index is 12.0. The van der Waals surface area contributed by atoms with Crippen molar-refractivity contribution < 1.29 is 14.3 Å². The standard InChI is InChI=1S/C20H20BrN3O3/c21-16-4-3-15-6-9-24(17(15)11-16)8-1-7-22-20(25)23-12-14-2-5-18-19(10-14)27-13-26-18/h2-6,9-11H,1,7-8,12-13H2,(H2,22,23,25). The molecule has 0 atom stereocenters. The summed E-state index contributed by atoms with van der Waals surface area (Å²) in [5.41, 5.74) is 2.16. The van der Waals surface area contributed by atoms with Crippen LogP contribution in [0.4, 0.5) is 4.79 Å². The van der Waals surface area contributed by atoms with Crippen LogP contribution in [0, 0.1) is 0 Å². The van der Waals surface area contributed by atoms with Gasteiger partial charge in [-0.2, -0.15) is 0 Å². The number of rotatable bonds is 6. The van der Waals surface area contributed by atoms with Gasteiger partial charge in [-0.05, 0) is 47.7 Å². The second-order valence-electron chi connectivity index (χ2n) is 6.36. The third kappa shape index (κ3) is 4.19. The topological polar surface area (TPSA) is 64.5 Å². The molecular weight excluding hydrogens is 410 g/mol. The molecule has 0 unspecified atom stereocenters. The highest BCUT2D eigenvalue weighted by atomic mass is 79.9. The average Bonchev–Trinajstić information content (AvgIpc) is 3.29. The first kappa shape index (κ1) is 17.7. The lowest BCUT2D eigenvalue weighted by atomic mass is 10.2. The molecule has 0 radical (unpaired) electrons. The summed E-state index contributed by atoms with van der Waals surface area (Å²) >= 11 is 3.51. The predicted octanol–water partition coefficient (Wildman–Crippen LogP) is 4.02. The summed E-state index contributed by atoms with van der Waals surface area (Å²) in [5.74, 6) is 1.47. The number of nitrogens with one attached hydrogen (secondary N) is 2. The lowest BCUT2D eigenvalue weighted by Gasteiger charge is -2.09. The van der Waals surface area contributed by atoms with Crippen LogP contribution in [0.15, 0.2) is 53.1 Å². The van der Waals surface area contributed by atoms with Gasteiger partial charge in [-0.1, -0.05) is 28.1 Å². The van der Waals surface area contributed by atoms with Crippen molar-refractivity contribution in [1.29, 1.82) is 0 Å². The van der Waals surface area contributed by atoms with Gasteiger partial charge in [0.2, 0.25) is 6.79 Å². The van der Waals surface area contributed by atoms with Crippen molar-refractivity contribution in [3.05, 3.63) is 58.7 Å². The molecule has 2 aromatic carbocycles. The molecule has 27 heavy (non-hydrogen) atoms. The van der Waals surface area contributed by atoms with Crippen LogP contribution < -0.4 is 20.1 Å². The number of urea groups is 1. The number of hydrogen-bond acceptors (Lipinski definition) is 3. The first-order valence-electron chi connectivity index (χ1n) is 8.84. The van der Waals surface area contributed by atoms with E-state index in [4.69, 9.17) is 9.47 Å². The molecule has 0 saturated carbocycles. The fourth-order valence-electron chi connectivity index (χ4n) is 3.10. The number of aromatic nitrogens is 1. The molecule has 2 amide bonds. The fourth-order valence-corrected chi connectivity index (χ4v) is 3.45. The van der Waals surface area contributed by atoms with Gasteiger partial charge in [0, 0.05) is 35.8 Å². The summed E-state index contributed by atoms with van der Waals surface area (Å²) in [5, 5.41) is 6.98. The first-order valence-corrected chi connectivity index (χ1v) is 9.63. The zero-order valence-corrected chi connectivity index (χ0v) is 16.3. The average molecular weight is 430 g/mol. The number of amides is 2. The van der Waals surface area contributed by atoms with Crippen LogP contribution in [-0.2, 0) is 13.1 Å². The van der Waals surface area contributed by atoms with Crippen molar-refractivity contribution in [2.75, 3.05) is 13.3 Å². The van der Waals surface area contributed by atoms with Gasteiger partial charge in [-0.15, -0.1) is 0 Å². The molecular formula is C20H20BrN3O3. The van der Waals surface area contributed by atoms with E-state index in [1.54, 1.807) is 0 Å². The Morgan fingerprint density at radius 2 is 1.96 bits per heavy atom. The lowest BCUT2D eigenvalue weighted by molar-refractivity contribution is 0.174. The van der Waals surface area contributed by atoms with Gasteiger partial charge < -0.3 is 24.7 Å². The number of carbonyl (C=O) groups excluding carboxylic acids is 1. The molecule has 0 fully saturated rings. The summed E-state index contributed by atoms with van der Waals surface area (Å²) in [6.07, 6.45) is 2.94. The number of carbonyl (C=O) groups is 1. The number of ether oxygens (including phenoxy) is 2. The minimum atomic E-state index is -0.173. The van der Waals surface area contributed by atoms with Gasteiger partial charge in [-0.25, -0.2) is 4.79 Å². The Kier molecular flexibility index (Phi) is 5.20. The summed E-state index contributed by atoms with van der Waals surface area (Å²) in [6, 6.07) is 13.8. The largest absolute Gasteiger partial charge is 0.454 e. The molecule has 0 spiro atoms. The van der Waals surface area contributed by atoms with Crippen molar-refractivity contribution in [1.82, 2.24) is 15.2 Å². The van der Waals surface area contributed by atoms with Gasteiger partial charge in [0.1, 0.15) is 0 Å². The zero-order chi connectivity index (χ0) is 18.6. The highest BCUT2D eigenvalue weighted by molar-refractivity contribution is 9.10. The Morgan fingerprint density at radius 3 is 2.89 bits per heavy atom. The van der Waals surface area contributed by atoms with E-state index in [1.165, 1.54) is 10.9 Å². The molecule has 2 N–H and O–H groups in total. The van der Waals surface area contributed by atoms with Crippen molar-refractivity contribution in [2.24, 2.45) is 0 Å². The molecule has 140 valence electrons. The highest BCUT2D eigenvalue weighted by Crippen LogP contribution is 2.32. The van der Waals surface area contributed by atoms with E-state index in [-0.39, 0.29) is 12.8 Å². The molecule has 0 bridgehead atoms. The molecule has 1 aromatic heterocycles. The minimum absolute atomic E-state index is 0.173. The van der Waals surface area contributed by atoms with Crippen LogP contribution >= 0.6 is 15.9 Å². The first-order chi connectivity index (χ1) is 13.2. The molecule has 6 nitrogen and oxygen atoms in total. The molecule has 2 heterocycles. The normalized spacial score (nSPS) is 12.3. The fraction of sp³-hybridized carbons (Fsp3) is 0.250. The van der Waals surface area contributed by atoms with E-state index in [0.717, 1.165) is 34.5 Å². The van der Waals surface area contributed by atoms with Crippen molar-refractivity contribution >= 4 is 32.9 Å².